The second-order valence-corrected chi connectivity index (χ2v) is 7.00. The third-order valence-electron chi connectivity index (χ3n) is 3.78. The van der Waals surface area contributed by atoms with Gasteiger partial charge in [0.15, 0.2) is 0 Å². The summed E-state index contributed by atoms with van der Waals surface area (Å²) in [4.78, 5) is 10.5. The van der Waals surface area contributed by atoms with E-state index in [1.807, 2.05) is 24.3 Å². The molecule has 0 heterocycles. The number of benzene rings is 3. The lowest BCUT2D eigenvalue weighted by Crippen LogP contribution is -2.14. The molecule has 1 N–H and O–H groups in total. The van der Waals surface area contributed by atoms with Crippen LogP contribution in [0.15, 0.2) is 65.6 Å². The molecule has 0 unspecified atom stereocenters. The Morgan fingerprint density at radius 3 is 2.38 bits per heavy atom. The molecule has 0 fully saturated rings. The van der Waals surface area contributed by atoms with Crippen LogP contribution in [-0.2, 0) is 10.0 Å². The van der Waals surface area contributed by atoms with Crippen molar-refractivity contribution in [2.45, 2.75) is 11.8 Å². The van der Waals surface area contributed by atoms with Crippen molar-refractivity contribution in [3.63, 3.8) is 0 Å². The Morgan fingerprint density at radius 2 is 1.67 bits per heavy atom. The first kappa shape index (κ1) is 15.9. The van der Waals surface area contributed by atoms with Gasteiger partial charge in [0.2, 0.25) is 0 Å². The second kappa shape index (κ2) is 5.93. The van der Waals surface area contributed by atoms with E-state index in [0.29, 0.717) is 0 Å². The minimum Gasteiger partial charge on any atom is -0.279 e. The van der Waals surface area contributed by atoms with Crippen LogP contribution >= 0.6 is 0 Å². The number of rotatable bonds is 4. The summed E-state index contributed by atoms with van der Waals surface area (Å²) in [6.07, 6.45) is 0. The summed E-state index contributed by atoms with van der Waals surface area (Å²) in [7, 11) is -3.84. The first-order valence-electron chi connectivity index (χ1n) is 7.14. The Hall–Kier alpha value is -2.93. The third-order valence-corrected chi connectivity index (χ3v) is 5.14. The molecule has 0 saturated heterocycles. The van der Waals surface area contributed by atoms with Crippen LogP contribution in [0.25, 0.3) is 10.8 Å². The largest absolute Gasteiger partial charge is 0.279 e. The van der Waals surface area contributed by atoms with Crippen LogP contribution in [0.3, 0.4) is 0 Å². The van der Waals surface area contributed by atoms with E-state index in [9.17, 15) is 18.5 Å². The van der Waals surface area contributed by atoms with Gasteiger partial charge < -0.3 is 0 Å². The fourth-order valence-electron chi connectivity index (χ4n) is 2.47. The molecule has 0 aliphatic rings. The molecular weight excluding hydrogens is 328 g/mol. The summed E-state index contributed by atoms with van der Waals surface area (Å²) in [5.74, 6) is 0. The molecule has 0 aliphatic heterocycles. The fourth-order valence-corrected chi connectivity index (χ4v) is 3.63. The number of sulfonamides is 1. The highest BCUT2D eigenvalue weighted by atomic mass is 32.2. The number of nitrogens with one attached hydrogen (secondary N) is 1. The first-order chi connectivity index (χ1) is 11.4. The Morgan fingerprint density at radius 1 is 0.958 bits per heavy atom. The lowest BCUT2D eigenvalue weighted by atomic mass is 10.1. The molecule has 0 amide bonds. The molecule has 0 atom stereocenters. The maximum atomic E-state index is 12.6. The molecule has 122 valence electrons. The van der Waals surface area contributed by atoms with Gasteiger partial charge in [-0.25, -0.2) is 8.42 Å². The molecule has 6 nitrogen and oxygen atoms in total. The molecule has 3 aromatic rings. The van der Waals surface area contributed by atoms with Gasteiger partial charge in [0.05, 0.1) is 21.1 Å². The minimum atomic E-state index is -3.84. The monoisotopic (exact) mass is 342 g/mol. The number of nitrogens with zero attached hydrogens (tertiary/aromatic N) is 1. The normalized spacial score (nSPS) is 11.4. The Labute approximate surface area is 138 Å². The van der Waals surface area contributed by atoms with Crippen LogP contribution in [0.1, 0.15) is 5.56 Å². The number of hydrogen-bond acceptors (Lipinski definition) is 4. The Kier molecular flexibility index (Phi) is 3.94. The van der Waals surface area contributed by atoms with Crippen molar-refractivity contribution in [2.75, 3.05) is 4.72 Å². The van der Waals surface area contributed by atoms with E-state index in [4.69, 9.17) is 0 Å². The first-order valence-corrected chi connectivity index (χ1v) is 8.62. The van der Waals surface area contributed by atoms with Gasteiger partial charge in [-0.05, 0) is 35.9 Å². The van der Waals surface area contributed by atoms with Crippen molar-refractivity contribution in [3.05, 3.63) is 76.3 Å². The molecule has 3 rings (SSSR count). The molecular formula is C17H14N2O4S. The Bertz CT molecular complexity index is 1050. The maximum Gasteiger partial charge on any atom is 0.274 e. The molecule has 24 heavy (non-hydrogen) atoms. The standard InChI is InChI=1S/C17H14N2O4S/c1-12-16(7-4-8-17(12)19(20)21)18-24(22,23)15-10-9-13-5-2-3-6-14(13)11-15/h2-11,18H,1H3. The lowest BCUT2D eigenvalue weighted by molar-refractivity contribution is -0.385. The van der Waals surface area contributed by atoms with Crippen LogP contribution in [0.4, 0.5) is 11.4 Å². The van der Waals surface area contributed by atoms with Crippen LogP contribution < -0.4 is 4.72 Å². The topological polar surface area (TPSA) is 89.3 Å². The van der Waals surface area contributed by atoms with Gasteiger partial charge >= 0.3 is 0 Å². The number of fused-ring (bicyclic) bond motifs is 1. The van der Waals surface area contributed by atoms with Crippen molar-refractivity contribution in [3.8, 4) is 0 Å². The number of hydrogen-bond donors (Lipinski definition) is 1. The Balaban J connectivity index is 2.02. The van der Waals surface area contributed by atoms with Gasteiger partial charge in [0.1, 0.15) is 0 Å². The summed E-state index contributed by atoms with van der Waals surface area (Å²) < 4.78 is 27.6. The van der Waals surface area contributed by atoms with Crippen LogP contribution in [-0.4, -0.2) is 13.3 Å². The van der Waals surface area contributed by atoms with Crippen LogP contribution in [0, 0.1) is 17.0 Å². The van der Waals surface area contributed by atoms with Crippen LogP contribution in [0.5, 0.6) is 0 Å². The van der Waals surface area contributed by atoms with Gasteiger partial charge in [0, 0.05) is 6.07 Å². The molecule has 0 spiro atoms. The minimum absolute atomic E-state index is 0.104. The van der Waals surface area contributed by atoms with Crippen molar-refractivity contribution in [1.82, 2.24) is 0 Å². The number of nitro benzene ring substituents is 1. The van der Waals surface area contributed by atoms with E-state index in [1.165, 1.54) is 31.2 Å². The van der Waals surface area contributed by atoms with Gasteiger partial charge in [-0.15, -0.1) is 0 Å². The van der Waals surface area contributed by atoms with Crippen molar-refractivity contribution in [2.24, 2.45) is 0 Å². The van der Waals surface area contributed by atoms with Gasteiger partial charge in [-0.2, -0.15) is 0 Å². The van der Waals surface area contributed by atoms with Gasteiger partial charge in [-0.3, -0.25) is 14.8 Å². The molecule has 0 aliphatic carbocycles. The maximum absolute atomic E-state index is 12.6. The molecule has 3 aromatic carbocycles. The zero-order valence-corrected chi connectivity index (χ0v) is 13.6. The average Bonchev–Trinajstić information content (AvgIpc) is 2.56. The molecule has 0 radical (unpaired) electrons. The summed E-state index contributed by atoms with van der Waals surface area (Å²) in [6.45, 7) is 1.51. The number of anilines is 1. The highest BCUT2D eigenvalue weighted by molar-refractivity contribution is 7.92. The van der Waals surface area contributed by atoms with E-state index >= 15 is 0 Å². The van der Waals surface area contributed by atoms with Crippen molar-refractivity contribution >= 4 is 32.2 Å². The quantitative estimate of drug-likeness (QED) is 0.576. The highest BCUT2D eigenvalue weighted by Gasteiger charge is 2.19. The predicted octanol–water partition coefficient (Wildman–Crippen LogP) is 3.86. The molecule has 0 saturated carbocycles. The van der Waals surface area contributed by atoms with E-state index in [-0.39, 0.29) is 21.8 Å². The summed E-state index contributed by atoms with van der Waals surface area (Å²) >= 11 is 0. The zero-order chi connectivity index (χ0) is 17.3. The van der Waals surface area contributed by atoms with Gasteiger partial charge in [-0.1, -0.05) is 36.4 Å². The zero-order valence-electron chi connectivity index (χ0n) is 12.8. The van der Waals surface area contributed by atoms with E-state index in [2.05, 4.69) is 4.72 Å². The molecule has 0 bridgehead atoms. The molecule has 7 heteroatoms. The van der Waals surface area contributed by atoms with Crippen molar-refractivity contribution < 1.29 is 13.3 Å². The fraction of sp³-hybridized carbons (Fsp3) is 0.0588. The van der Waals surface area contributed by atoms with Crippen molar-refractivity contribution in [1.29, 1.82) is 0 Å². The smallest absolute Gasteiger partial charge is 0.274 e. The molecule has 0 aromatic heterocycles. The highest BCUT2D eigenvalue weighted by Crippen LogP contribution is 2.28. The SMILES string of the molecule is Cc1c(NS(=O)(=O)c2ccc3ccccc3c2)cccc1[N+](=O)[O-]. The van der Waals surface area contributed by atoms with E-state index in [1.54, 1.807) is 12.1 Å². The summed E-state index contributed by atoms with van der Waals surface area (Å²) in [5, 5.41) is 12.7. The van der Waals surface area contributed by atoms with Crippen LogP contribution in [0.2, 0.25) is 0 Å². The lowest BCUT2D eigenvalue weighted by Gasteiger charge is -2.11. The summed E-state index contributed by atoms with van der Waals surface area (Å²) in [6, 6.07) is 16.5. The summed E-state index contributed by atoms with van der Waals surface area (Å²) in [5.41, 5.74) is 0.331. The predicted molar refractivity (Wildman–Crippen MR) is 92.6 cm³/mol. The van der Waals surface area contributed by atoms with E-state index < -0.39 is 14.9 Å². The van der Waals surface area contributed by atoms with E-state index in [0.717, 1.165) is 10.8 Å². The third kappa shape index (κ3) is 2.93. The second-order valence-electron chi connectivity index (χ2n) is 5.32. The van der Waals surface area contributed by atoms with Gasteiger partial charge in [0.25, 0.3) is 15.7 Å². The number of nitro groups is 1. The average molecular weight is 342 g/mol.